The van der Waals surface area contributed by atoms with Crippen molar-refractivity contribution < 1.29 is 9.18 Å². The van der Waals surface area contributed by atoms with Crippen molar-refractivity contribution in [3.05, 3.63) is 51.6 Å². The van der Waals surface area contributed by atoms with Crippen LogP contribution in [0.4, 0.5) is 4.39 Å². The van der Waals surface area contributed by atoms with Crippen LogP contribution in [0, 0.1) is 25.6 Å². The van der Waals surface area contributed by atoms with Crippen molar-refractivity contribution in [2.24, 2.45) is 5.92 Å². The first kappa shape index (κ1) is 19.9. The van der Waals surface area contributed by atoms with Crippen LogP contribution in [0.25, 0.3) is 0 Å². The number of amides is 1. The van der Waals surface area contributed by atoms with Crippen molar-refractivity contribution >= 4 is 17.5 Å². The van der Waals surface area contributed by atoms with Gasteiger partial charge < -0.3 is 4.90 Å². The van der Waals surface area contributed by atoms with E-state index in [0.717, 1.165) is 36.3 Å². The molecule has 2 aromatic rings. The molecular weight excluding hydrogens is 365 g/mol. The van der Waals surface area contributed by atoms with Gasteiger partial charge in [-0.2, -0.15) is 5.10 Å². The van der Waals surface area contributed by atoms with E-state index in [2.05, 4.69) is 18.9 Å². The van der Waals surface area contributed by atoms with Gasteiger partial charge in [0.15, 0.2) is 0 Å². The van der Waals surface area contributed by atoms with Crippen LogP contribution >= 0.6 is 11.6 Å². The molecule has 146 valence electrons. The molecule has 1 amide bonds. The molecule has 1 aromatic carbocycles. The quantitative estimate of drug-likeness (QED) is 0.687. The lowest BCUT2D eigenvalue weighted by molar-refractivity contribution is -0.131. The average molecular weight is 392 g/mol. The largest absolute Gasteiger partial charge is 0.335 e. The molecule has 6 heteroatoms. The molecule has 0 radical (unpaired) electrons. The number of aromatic nitrogens is 2. The standard InChI is InChI=1S/C21H27ClFN3O/c1-13(2)11-26-15(4)17(14(3)24-26)10-21(27)25(16-8-9-16)12-18-19(22)6-5-7-20(18)23/h5-7,13,16H,8-12H2,1-4H3. The minimum atomic E-state index is -0.363. The number of halogens is 2. The first-order valence-electron chi connectivity index (χ1n) is 9.53. The summed E-state index contributed by atoms with van der Waals surface area (Å²) in [6.07, 6.45) is 2.21. The van der Waals surface area contributed by atoms with Crippen LogP contribution in [-0.2, 0) is 24.3 Å². The lowest BCUT2D eigenvalue weighted by atomic mass is 10.1. The van der Waals surface area contributed by atoms with Gasteiger partial charge in [0.05, 0.1) is 18.7 Å². The summed E-state index contributed by atoms with van der Waals surface area (Å²) >= 11 is 6.17. The Morgan fingerprint density at radius 2 is 2.04 bits per heavy atom. The Kier molecular flexibility index (Phi) is 5.89. The number of nitrogens with zero attached hydrogens (tertiary/aromatic N) is 3. The fourth-order valence-corrected chi connectivity index (χ4v) is 3.65. The molecule has 0 atom stereocenters. The summed E-state index contributed by atoms with van der Waals surface area (Å²) < 4.78 is 16.2. The molecule has 0 unspecified atom stereocenters. The Morgan fingerprint density at radius 1 is 1.33 bits per heavy atom. The van der Waals surface area contributed by atoms with E-state index in [1.54, 1.807) is 17.0 Å². The fourth-order valence-electron chi connectivity index (χ4n) is 3.43. The van der Waals surface area contributed by atoms with Gasteiger partial charge in [-0.05, 0) is 44.7 Å². The lowest BCUT2D eigenvalue weighted by Gasteiger charge is -2.23. The van der Waals surface area contributed by atoms with Crippen molar-refractivity contribution in [2.45, 2.75) is 66.1 Å². The van der Waals surface area contributed by atoms with E-state index < -0.39 is 0 Å². The molecule has 1 aromatic heterocycles. The van der Waals surface area contributed by atoms with Crippen LogP contribution in [-0.4, -0.2) is 26.6 Å². The molecule has 1 heterocycles. The van der Waals surface area contributed by atoms with E-state index in [-0.39, 0.29) is 24.3 Å². The predicted octanol–water partition coefficient (Wildman–Crippen LogP) is 4.68. The second-order valence-corrected chi connectivity index (χ2v) is 8.26. The number of carbonyl (C=O) groups is 1. The van der Waals surface area contributed by atoms with Gasteiger partial charge in [-0.25, -0.2) is 4.39 Å². The Hall–Kier alpha value is -1.88. The van der Waals surface area contributed by atoms with E-state index in [4.69, 9.17) is 11.6 Å². The van der Waals surface area contributed by atoms with Gasteiger partial charge in [-0.3, -0.25) is 9.48 Å². The van der Waals surface area contributed by atoms with Crippen LogP contribution < -0.4 is 0 Å². The fraction of sp³-hybridized carbons (Fsp3) is 0.524. The highest BCUT2D eigenvalue weighted by atomic mass is 35.5. The van der Waals surface area contributed by atoms with Crippen LogP contribution in [0.1, 0.15) is 49.2 Å². The van der Waals surface area contributed by atoms with Gasteiger partial charge in [0.25, 0.3) is 0 Å². The van der Waals surface area contributed by atoms with E-state index >= 15 is 0 Å². The van der Waals surface area contributed by atoms with Crippen LogP contribution in [0.5, 0.6) is 0 Å². The van der Waals surface area contributed by atoms with E-state index in [9.17, 15) is 9.18 Å². The molecule has 1 saturated carbocycles. The van der Waals surface area contributed by atoms with Crippen molar-refractivity contribution in [2.75, 3.05) is 0 Å². The number of hydrogen-bond acceptors (Lipinski definition) is 2. The zero-order valence-electron chi connectivity index (χ0n) is 16.4. The SMILES string of the molecule is Cc1nn(CC(C)C)c(C)c1CC(=O)N(Cc1c(F)cccc1Cl)C1CC1. The second kappa shape index (κ2) is 8.01. The highest BCUT2D eigenvalue weighted by Gasteiger charge is 2.34. The highest BCUT2D eigenvalue weighted by molar-refractivity contribution is 6.31. The lowest BCUT2D eigenvalue weighted by Crippen LogP contribution is -2.34. The molecule has 0 N–H and O–H groups in total. The van der Waals surface area contributed by atoms with Crippen LogP contribution in [0.3, 0.4) is 0 Å². The minimum absolute atomic E-state index is 0.00659. The Morgan fingerprint density at radius 3 is 2.63 bits per heavy atom. The molecule has 27 heavy (non-hydrogen) atoms. The summed E-state index contributed by atoms with van der Waals surface area (Å²) in [5.41, 5.74) is 3.30. The topological polar surface area (TPSA) is 38.1 Å². The molecule has 1 aliphatic carbocycles. The van der Waals surface area contributed by atoms with Gasteiger partial charge in [0.1, 0.15) is 5.82 Å². The van der Waals surface area contributed by atoms with Crippen molar-refractivity contribution in [1.29, 1.82) is 0 Å². The average Bonchev–Trinajstić information content (AvgIpc) is 3.38. The number of rotatable bonds is 7. The maximum Gasteiger partial charge on any atom is 0.227 e. The van der Waals surface area contributed by atoms with E-state index in [0.29, 0.717) is 22.9 Å². The van der Waals surface area contributed by atoms with Crippen LogP contribution in [0.15, 0.2) is 18.2 Å². The third-order valence-electron chi connectivity index (χ3n) is 5.10. The van der Waals surface area contributed by atoms with Crippen molar-refractivity contribution in [3.63, 3.8) is 0 Å². The van der Waals surface area contributed by atoms with Gasteiger partial charge in [0.2, 0.25) is 5.91 Å². The molecule has 0 spiro atoms. The Bertz CT molecular complexity index is 822. The smallest absolute Gasteiger partial charge is 0.227 e. The van der Waals surface area contributed by atoms with Gasteiger partial charge in [-0.1, -0.05) is 31.5 Å². The molecule has 4 nitrogen and oxygen atoms in total. The van der Waals surface area contributed by atoms with E-state index in [1.165, 1.54) is 6.07 Å². The number of benzene rings is 1. The molecule has 0 bridgehead atoms. The third-order valence-corrected chi connectivity index (χ3v) is 5.45. The minimum Gasteiger partial charge on any atom is -0.335 e. The summed E-state index contributed by atoms with van der Waals surface area (Å²) in [6, 6.07) is 4.82. The zero-order chi connectivity index (χ0) is 19.7. The predicted molar refractivity (Wildman–Crippen MR) is 105 cm³/mol. The van der Waals surface area contributed by atoms with Gasteiger partial charge in [0, 0.05) is 34.4 Å². The summed E-state index contributed by atoms with van der Waals surface area (Å²) in [7, 11) is 0. The summed E-state index contributed by atoms with van der Waals surface area (Å²) in [5, 5.41) is 4.97. The number of hydrogen-bond donors (Lipinski definition) is 0. The maximum absolute atomic E-state index is 14.2. The maximum atomic E-state index is 14.2. The van der Waals surface area contributed by atoms with Crippen molar-refractivity contribution in [1.82, 2.24) is 14.7 Å². The molecule has 1 aliphatic rings. The first-order chi connectivity index (χ1) is 12.8. The zero-order valence-corrected chi connectivity index (χ0v) is 17.2. The third kappa shape index (κ3) is 4.52. The number of aryl methyl sites for hydroxylation is 1. The molecule has 1 fully saturated rings. The number of carbonyl (C=O) groups excluding carboxylic acids is 1. The monoisotopic (exact) mass is 391 g/mol. The highest BCUT2D eigenvalue weighted by Crippen LogP contribution is 2.31. The second-order valence-electron chi connectivity index (χ2n) is 7.86. The molecule has 0 aliphatic heterocycles. The normalized spacial score (nSPS) is 14.0. The summed E-state index contributed by atoms with van der Waals surface area (Å²) in [5.74, 6) is 0.128. The Balaban J connectivity index is 1.80. The molecule has 3 rings (SSSR count). The summed E-state index contributed by atoms with van der Waals surface area (Å²) in [6.45, 7) is 9.30. The van der Waals surface area contributed by atoms with Crippen LogP contribution in [0.2, 0.25) is 5.02 Å². The molecule has 0 saturated heterocycles. The summed E-state index contributed by atoms with van der Waals surface area (Å²) in [4.78, 5) is 14.9. The molecular formula is C21H27ClFN3O. The van der Waals surface area contributed by atoms with Gasteiger partial charge in [-0.15, -0.1) is 0 Å². The van der Waals surface area contributed by atoms with Gasteiger partial charge >= 0.3 is 0 Å². The Labute approximate surface area is 165 Å². The first-order valence-corrected chi connectivity index (χ1v) is 9.91. The van der Waals surface area contributed by atoms with E-state index in [1.807, 2.05) is 18.5 Å². The van der Waals surface area contributed by atoms with Crippen molar-refractivity contribution in [3.8, 4) is 0 Å².